The van der Waals surface area contributed by atoms with Crippen molar-refractivity contribution in [1.29, 1.82) is 0 Å². The monoisotopic (exact) mass is 409 g/mol. The van der Waals surface area contributed by atoms with Crippen molar-refractivity contribution in [2.75, 3.05) is 13.1 Å². The maximum atomic E-state index is 14.0. The molecule has 154 valence electrons. The van der Waals surface area contributed by atoms with E-state index in [1.54, 1.807) is 6.07 Å². The smallest absolute Gasteiger partial charge is 0.267 e. The standard InChI is InChI=1S/C23H21F2N3O2/c1-15-14-20(29)28(26-22(15)16-6-3-2-4-7-16)17-10-12-27(13-11-17)23(30)21-18(24)8-5-9-19(21)25/h2-9,14,17H,10-13H2,1H3. The molecule has 0 atom stereocenters. The van der Waals surface area contributed by atoms with Crippen molar-refractivity contribution in [2.24, 2.45) is 0 Å². The van der Waals surface area contributed by atoms with Crippen LogP contribution in [0.4, 0.5) is 8.78 Å². The van der Waals surface area contributed by atoms with Gasteiger partial charge in [0.2, 0.25) is 0 Å². The van der Waals surface area contributed by atoms with Crippen LogP contribution in [0.1, 0.15) is 34.8 Å². The lowest BCUT2D eigenvalue weighted by molar-refractivity contribution is 0.0678. The molecule has 1 aromatic heterocycles. The number of carbonyl (C=O) groups excluding carboxylic acids is 1. The van der Waals surface area contributed by atoms with Crippen LogP contribution in [0, 0.1) is 18.6 Å². The van der Waals surface area contributed by atoms with Crippen LogP contribution in [0.25, 0.3) is 11.3 Å². The third-order valence-electron chi connectivity index (χ3n) is 5.47. The predicted octanol–water partition coefficient (Wildman–Crippen LogP) is 3.97. The number of benzene rings is 2. The number of carbonyl (C=O) groups is 1. The van der Waals surface area contributed by atoms with Crippen LogP contribution in [-0.2, 0) is 0 Å². The second kappa shape index (κ2) is 8.18. The van der Waals surface area contributed by atoms with E-state index in [-0.39, 0.29) is 11.6 Å². The Morgan fingerprint density at radius 3 is 2.27 bits per heavy atom. The second-order valence-electron chi connectivity index (χ2n) is 7.44. The molecule has 0 radical (unpaired) electrons. The van der Waals surface area contributed by atoms with Gasteiger partial charge in [-0.3, -0.25) is 9.59 Å². The minimum absolute atomic E-state index is 0.185. The van der Waals surface area contributed by atoms with Crippen molar-refractivity contribution in [1.82, 2.24) is 14.7 Å². The average molecular weight is 409 g/mol. The van der Waals surface area contributed by atoms with Crippen molar-refractivity contribution in [3.8, 4) is 11.3 Å². The van der Waals surface area contributed by atoms with Gasteiger partial charge in [0.15, 0.2) is 0 Å². The van der Waals surface area contributed by atoms with Gasteiger partial charge in [-0.1, -0.05) is 36.4 Å². The molecular weight excluding hydrogens is 388 g/mol. The topological polar surface area (TPSA) is 55.2 Å². The first-order valence-corrected chi connectivity index (χ1v) is 9.85. The fraction of sp³-hybridized carbons (Fsp3) is 0.261. The molecule has 4 rings (SSSR count). The van der Waals surface area contributed by atoms with Crippen molar-refractivity contribution in [2.45, 2.75) is 25.8 Å². The zero-order valence-corrected chi connectivity index (χ0v) is 16.5. The molecule has 1 aliphatic heterocycles. The van der Waals surface area contributed by atoms with E-state index in [0.29, 0.717) is 25.9 Å². The normalized spacial score (nSPS) is 14.7. The van der Waals surface area contributed by atoms with Gasteiger partial charge in [-0.05, 0) is 37.5 Å². The first-order chi connectivity index (χ1) is 14.5. The Morgan fingerprint density at radius 2 is 1.63 bits per heavy atom. The van der Waals surface area contributed by atoms with Gasteiger partial charge in [0.25, 0.3) is 11.5 Å². The third-order valence-corrected chi connectivity index (χ3v) is 5.47. The number of rotatable bonds is 3. The highest BCUT2D eigenvalue weighted by Crippen LogP contribution is 2.25. The lowest BCUT2D eigenvalue weighted by atomic mass is 10.0. The van der Waals surface area contributed by atoms with E-state index in [1.807, 2.05) is 37.3 Å². The Kier molecular flexibility index (Phi) is 5.44. The van der Waals surface area contributed by atoms with Crippen LogP contribution in [-0.4, -0.2) is 33.7 Å². The summed E-state index contributed by atoms with van der Waals surface area (Å²) >= 11 is 0. The fourth-order valence-corrected chi connectivity index (χ4v) is 3.87. The van der Waals surface area contributed by atoms with Gasteiger partial charge < -0.3 is 4.90 Å². The number of amides is 1. The predicted molar refractivity (Wildman–Crippen MR) is 109 cm³/mol. The molecule has 1 saturated heterocycles. The minimum Gasteiger partial charge on any atom is -0.338 e. The summed E-state index contributed by atoms with van der Waals surface area (Å²) < 4.78 is 29.4. The van der Waals surface area contributed by atoms with Crippen molar-refractivity contribution < 1.29 is 13.6 Å². The van der Waals surface area contributed by atoms with E-state index in [2.05, 4.69) is 5.10 Å². The Balaban J connectivity index is 1.55. The van der Waals surface area contributed by atoms with Crippen LogP contribution in [0.15, 0.2) is 59.4 Å². The summed E-state index contributed by atoms with van der Waals surface area (Å²) in [6.45, 7) is 2.44. The zero-order valence-electron chi connectivity index (χ0n) is 16.5. The van der Waals surface area contributed by atoms with E-state index in [0.717, 1.165) is 29.0 Å². The summed E-state index contributed by atoms with van der Waals surface area (Å²) in [5.41, 5.74) is 1.73. The van der Waals surface area contributed by atoms with Crippen molar-refractivity contribution in [3.63, 3.8) is 0 Å². The number of aryl methyl sites for hydroxylation is 1. The van der Waals surface area contributed by atoms with E-state index in [4.69, 9.17) is 0 Å². The molecule has 7 heteroatoms. The average Bonchev–Trinajstić information content (AvgIpc) is 2.74. The molecule has 1 amide bonds. The quantitative estimate of drug-likeness (QED) is 0.658. The molecule has 30 heavy (non-hydrogen) atoms. The van der Waals surface area contributed by atoms with Crippen LogP contribution >= 0.6 is 0 Å². The number of hydrogen-bond acceptors (Lipinski definition) is 3. The maximum absolute atomic E-state index is 14.0. The molecule has 1 fully saturated rings. The molecule has 0 spiro atoms. The highest BCUT2D eigenvalue weighted by Gasteiger charge is 2.29. The number of aromatic nitrogens is 2. The molecule has 0 unspecified atom stereocenters. The highest BCUT2D eigenvalue weighted by molar-refractivity contribution is 5.94. The van der Waals surface area contributed by atoms with Crippen LogP contribution < -0.4 is 5.56 Å². The molecule has 0 aliphatic carbocycles. The highest BCUT2D eigenvalue weighted by atomic mass is 19.1. The van der Waals surface area contributed by atoms with Gasteiger partial charge in [0.1, 0.15) is 17.2 Å². The van der Waals surface area contributed by atoms with Gasteiger partial charge in [-0.15, -0.1) is 0 Å². The number of hydrogen-bond donors (Lipinski definition) is 0. The first-order valence-electron chi connectivity index (χ1n) is 9.85. The molecule has 3 aromatic rings. The molecule has 0 bridgehead atoms. The number of nitrogens with zero attached hydrogens (tertiary/aromatic N) is 3. The fourth-order valence-electron chi connectivity index (χ4n) is 3.87. The van der Waals surface area contributed by atoms with E-state index >= 15 is 0 Å². The molecular formula is C23H21F2N3O2. The minimum atomic E-state index is -0.869. The van der Waals surface area contributed by atoms with E-state index < -0.39 is 23.1 Å². The summed E-state index contributed by atoms with van der Waals surface area (Å²) in [7, 11) is 0. The van der Waals surface area contributed by atoms with Gasteiger partial charge in [0.05, 0.1) is 11.7 Å². The van der Waals surface area contributed by atoms with E-state index in [1.165, 1.54) is 15.6 Å². The van der Waals surface area contributed by atoms with Gasteiger partial charge in [-0.25, -0.2) is 13.5 Å². The van der Waals surface area contributed by atoms with Gasteiger partial charge >= 0.3 is 0 Å². The number of likely N-dealkylation sites (tertiary alicyclic amines) is 1. The molecule has 2 aromatic carbocycles. The first kappa shape index (κ1) is 19.9. The molecule has 2 heterocycles. The third kappa shape index (κ3) is 3.75. The Bertz CT molecular complexity index is 1120. The summed E-state index contributed by atoms with van der Waals surface area (Å²) in [6.07, 6.45) is 0.956. The number of halogens is 2. The molecule has 5 nitrogen and oxygen atoms in total. The Hall–Kier alpha value is -3.35. The zero-order chi connectivity index (χ0) is 21.3. The molecule has 0 saturated carbocycles. The Morgan fingerprint density at radius 1 is 1.00 bits per heavy atom. The van der Waals surface area contributed by atoms with Crippen LogP contribution in [0.2, 0.25) is 0 Å². The summed E-state index contributed by atoms with van der Waals surface area (Å²) in [5.74, 6) is -2.41. The SMILES string of the molecule is Cc1cc(=O)n(C2CCN(C(=O)c3c(F)cccc3F)CC2)nc1-c1ccccc1. The van der Waals surface area contributed by atoms with Crippen molar-refractivity contribution >= 4 is 5.91 Å². The molecule has 1 aliphatic rings. The van der Waals surface area contributed by atoms with E-state index in [9.17, 15) is 18.4 Å². The lowest BCUT2D eigenvalue weighted by Crippen LogP contribution is -2.42. The van der Waals surface area contributed by atoms with Crippen LogP contribution in [0.3, 0.4) is 0 Å². The van der Waals surface area contributed by atoms with Gasteiger partial charge in [-0.2, -0.15) is 5.10 Å². The van der Waals surface area contributed by atoms with Gasteiger partial charge in [0, 0.05) is 24.7 Å². The largest absolute Gasteiger partial charge is 0.338 e. The maximum Gasteiger partial charge on any atom is 0.267 e. The summed E-state index contributed by atoms with van der Waals surface area (Å²) in [4.78, 5) is 26.6. The second-order valence-corrected chi connectivity index (χ2v) is 7.44. The number of piperidine rings is 1. The van der Waals surface area contributed by atoms with Crippen molar-refractivity contribution in [3.05, 3.63) is 87.7 Å². The molecule has 0 N–H and O–H groups in total. The summed E-state index contributed by atoms with van der Waals surface area (Å²) in [5, 5.41) is 4.60. The van der Waals surface area contributed by atoms with Crippen LogP contribution in [0.5, 0.6) is 0 Å². The Labute approximate surface area is 172 Å². The summed E-state index contributed by atoms with van der Waals surface area (Å²) in [6, 6.07) is 14.4. The lowest BCUT2D eigenvalue weighted by Gasteiger charge is -2.32.